The standard InChI is InChI=1S/C11H13N5O2/c1-8(17)15-2-4-16(5-3-15)10-6-9(7-12)13-11(18)14-10/h6H,2-5H2,1H3,(H,13,14,18). The molecule has 1 aliphatic heterocycles. The van der Waals surface area contributed by atoms with Crippen molar-refractivity contribution in [3.8, 4) is 6.07 Å². The van der Waals surface area contributed by atoms with Crippen LogP contribution in [-0.4, -0.2) is 47.0 Å². The Labute approximate surface area is 104 Å². The molecule has 7 nitrogen and oxygen atoms in total. The maximum Gasteiger partial charge on any atom is 0.347 e. The predicted molar refractivity (Wildman–Crippen MR) is 64.0 cm³/mol. The molecule has 0 radical (unpaired) electrons. The van der Waals surface area contributed by atoms with E-state index >= 15 is 0 Å². The second kappa shape index (κ2) is 4.87. The summed E-state index contributed by atoms with van der Waals surface area (Å²) in [5, 5.41) is 8.78. The Morgan fingerprint density at radius 2 is 2.11 bits per heavy atom. The number of H-pyrrole nitrogens is 1. The Hall–Kier alpha value is -2.36. The van der Waals surface area contributed by atoms with E-state index in [0.717, 1.165) is 0 Å². The topological polar surface area (TPSA) is 93.1 Å². The molecule has 94 valence electrons. The van der Waals surface area contributed by atoms with Crippen LogP contribution >= 0.6 is 0 Å². The highest BCUT2D eigenvalue weighted by Crippen LogP contribution is 2.12. The number of anilines is 1. The Balaban J connectivity index is 2.15. The van der Waals surface area contributed by atoms with Crippen LogP contribution < -0.4 is 10.6 Å². The molecule has 1 aromatic heterocycles. The van der Waals surface area contributed by atoms with Gasteiger partial charge in [-0.25, -0.2) is 4.79 Å². The lowest BCUT2D eigenvalue weighted by Crippen LogP contribution is -2.48. The molecule has 1 saturated heterocycles. The predicted octanol–water partition coefficient (Wildman–Crippen LogP) is -0.690. The smallest absolute Gasteiger partial charge is 0.347 e. The van der Waals surface area contributed by atoms with E-state index < -0.39 is 5.69 Å². The van der Waals surface area contributed by atoms with Crippen molar-refractivity contribution in [2.75, 3.05) is 31.1 Å². The van der Waals surface area contributed by atoms with E-state index in [1.807, 2.05) is 11.0 Å². The first-order valence-corrected chi connectivity index (χ1v) is 5.62. The van der Waals surface area contributed by atoms with Crippen molar-refractivity contribution in [3.05, 3.63) is 22.2 Å². The van der Waals surface area contributed by atoms with Gasteiger partial charge < -0.3 is 9.80 Å². The van der Waals surface area contributed by atoms with Gasteiger partial charge in [0, 0.05) is 39.2 Å². The van der Waals surface area contributed by atoms with Gasteiger partial charge >= 0.3 is 5.69 Å². The molecular weight excluding hydrogens is 234 g/mol. The largest absolute Gasteiger partial charge is 0.353 e. The summed E-state index contributed by atoms with van der Waals surface area (Å²) in [5.74, 6) is 0.532. The van der Waals surface area contributed by atoms with E-state index in [0.29, 0.717) is 32.0 Å². The Morgan fingerprint density at radius 1 is 1.44 bits per heavy atom. The third-order valence-corrected chi connectivity index (χ3v) is 2.90. The van der Waals surface area contributed by atoms with Gasteiger partial charge in [-0.15, -0.1) is 0 Å². The second-order valence-electron chi connectivity index (χ2n) is 4.06. The number of nitrogens with zero attached hydrogens (tertiary/aromatic N) is 4. The lowest BCUT2D eigenvalue weighted by atomic mass is 10.3. The van der Waals surface area contributed by atoms with Crippen molar-refractivity contribution in [1.29, 1.82) is 5.26 Å². The monoisotopic (exact) mass is 247 g/mol. The summed E-state index contributed by atoms with van der Waals surface area (Å²) in [4.78, 5) is 32.3. The number of nitrogens with one attached hydrogen (secondary N) is 1. The summed E-state index contributed by atoms with van der Waals surface area (Å²) in [7, 11) is 0. The molecule has 0 bridgehead atoms. The number of aromatic nitrogens is 2. The number of carbonyl (C=O) groups is 1. The highest BCUT2D eigenvalue weighted by atomic mass is 16.2. The lowest BCUT2D eigenvalue weighted by molar-refractivity contribution is -0.129. The Bertz CT molecular complexity index is 551. The van der Waals surface area contributed by atoms with Crippen LogP contribution in [0.25, 0.3) is 0 Å². The first-order chi connectivity index (χ1) is 8.60. The van der Waals surface area contributed by atoms with Gasteiger partial charge in [0.15, 0.2) is 0 Å². The minimum atomic E-state index is -0.530. The van der Waals surface area contributed by atoms with Crippen LogP contribution in [0.1, 0.15) is 12.6 Å². The van der Waals surface area contributed by atoms with Gasteiger partial charge in [0.1, 0.15) is 17.6 Å². The van der Waals surface area contributed by atoms with Crippen molar-refractivity contribution in [2.45, 2.75) is 6.92 Å². The SMILES string of the molecule is CC(=O)N1CCN(c2cc(C#N)[nH]c(=O)n2)CC1. The van der Waals surface area contributed by atoms with Crippen LogP contribution in [0.2, 0.25) is 0 Å². The zero-order valence-corrected chi connectivity index (χ0v) is 10.0. The average molecular weight is 247 g/mol. The van der Waals surface area contributed by atoms with E-state index in [1.54, 1.807) is 11.0 Å². The van der Waals surface area contributed by atoms with Crippen molar-refractivity contribution in [3.63, 3.8) is 0 Å². The molecule has 0 aliphatic carbocycles. The molecule has 0 spiro atoms. The van der Waals surface area contributed by atoms with Crippen LogP contribution in [0, 0.1) is 11.3 Å². The van der Waals surface area contributed by atoms with Crippen LogP contribution in [0.4, 0.5) is 5.82 Å². The Kier molecular flexibility index (Phi) is 3.28. The Morgan fingerprint density at radius 3 is 2.67 bits per heavy atom. The molecule has 1 aliphatic rings. The van der Waals surface area contributed by atoms with E-state index in [-0.39, 0.29) is 11.6 Å². The summed E-state index contributed by atoms with van der Waals surface area (Å²) in [5.41, 5.74) is -0.336. The number of rotatable bonds is 1. The molecule has 0 saturated carbocycles. The van der Waals surface area contributed by atoms with Gasteiger partial charge in [-0.1, -0.05) is 0 Å². The highest BCUT2D eigenvalue weighted by molar-refractivity contribution is 5.73. The molecule has 2 heterocycles. The normalized spacial score (nSPS) is 15.3. The number of carbonyl (C=O) groups excluding carboxylic acids is 1. The fourth-order valence-corrected chi connectivity index (χ4v) is 1.92. The summed E-state index contributed by atoms with van der Waals surface area (Å²) < 4.78 is 0. The maximum absolute atomic E-state index is 11.3. The minimum Gasteiger partial charge on any atom is -0.353 e. The molecule has 2 rings (SSSR count). The summed E-state index contributed by atoms with van der Waals surface area (Å²) in [6, 6.07) is 3.43. The average Bonchev–Trinajstić information content (AvgIpc) is 2.38. The first kappa shape index (κ1) is 12.1. The zero-order chi connectivity index (χ0) is 13.1. The fraction of sp³-hybridized carbons (Fsp3) is 0.455. The van der Waals surface area contributed by atoms with E-state index in [2.05, 4.69) is 9.97 Å². The number of hydrogen-bond donors (Lipinski definition) is 1. The van der Waals surface area contributed by atoms with Crippen LogP contribution in [0.15, 0.2) is 10.9 Å². The van der Waals surface area contributed by atoms with Crippen molar-refractivity contribution in [2.24, 2.45) is 0 Å². The number of hydrogen-bond acceptors (Lipinski definition) is 5. The molecule has 1 aromatic rings. The van der Waals surface area contributed by atoms with Crippen LogP contribution in [0.3, 0.4) is 0 Å². The molecule has 7 heteroatoms. The lowest BCUT2D eigenvalue weighted by Gasteiger charge is -2.34. The second-order valence-corrected chi connectivity index (χ2v) is 4.06. The molecule has 1 N–H and O–H groups in total. The number of amides is 1. The summed E-state index contributed by atoms with van der Waals surface area (Å²) in [6.07, 6.45) is 0. The highest BCUT2D eigenvalue weighted by Gasteiger charge is 2.20. The number of aromatic amines is 1. The molecule has 1 amide bonds. The molecule has 0 atom stereocenters. The van der Waals surface area contributed by atoms with E-state index in [4.69, 9.17) is 5.26 Å². The molecule has 0 unspecified atom stereocenters. The van der Waals surface area contributed by atoms with Gasteiger partial charge in [0.25, 0.3) is 0 Å². The zero-order valence-electron chi connectivity index (χ0n) is 10.0. The van der Waals surface area contributed by atoms with Crippen molar-refractivity contribution >= 4 is 11.7 Å². The van der Waals surface area contributed by atoms with E-state index in [9.17, 15) is 9.59 Å². The fourth-order valence-electron chi connectivity index (χ4n) is 1.92. The van der Waals surface area contributed by atoms with Gasteiger partial charge in [0.2, 0.25) is 5.91 Å². The summed E-state index contributed by atoms with van der Waals surface area (Å²) >= 11 is 0. The van der Waals surface area contributed by atoms with Crippen LogP contribution in [-0.2, 0) is 4.79 Å². The maximum atomic E-state index is 11.3. The quantitative estimate of drug-likeness (QED) is 0.709. The van der Waals surface area contributed by atoms with Crippen molar-refractivity contribution < 1.29 is 4.79 Å². The molecule has 1 fully saturated rings. The molecular formula is C11H13N5O2. The van der Waals surface area contributed by atoms with Crippen LogP contribution in [0.5, 0.6) is 0 Å². The van der Waals surface area contributed by atoms with Gasteiger partial charge in [-0.05, 0) is 0 Å². The number of piperazine rings is 1. The first-order valence-electron chi connectivity index (χ1n) is 5.62. The molecule has 18 heavy (non-hydrogen) atoms. The van der Waals surface area contributed by atoms with Crippen molar-refractivity contribution in [1.82, 2.24) is 14.9 Å². The van der Waals surface area contributed by atoms with E-state index in [1.165, 1.54) is 6.92 Å². The van der Waals surface area contributed by atoms with Gasteiger partial charge in [-0.3, -0.25) is 9.78 Å². The third kappa shape index (κ3) is 2.48. The van der Waals surface area contributed by atoms with Gasteiger partial charge in [0.05, 0.1) is 0 Å². The summed E-state index contributed by atoms with van der Waals surface area (Å²) in [6.45, 7) is 3.97. The minimum absolute atomic E-state index is 0.0474. The third-order valence-electron chi connectivity index (χ3n) is 2.90. The van der Waals surface area contributed by atoms with Gasteiger partial charge in [-0.2, -0.15) is 10.2 Å². The molecule has 0 aromatic carbocycles. The number of nitriles is 1.